The lowest BCUT2D eigenvalue weighted by Gasteiger charge is -2.41. The second-order valence-electron chi connectivity index (χ2n) is 6.19. The summed E-state index contributed by atoms with van der Waals surface area (Å²) in [5, 5.41) is 0. The molecule has 1 saturated heterocycles. The first-order valence-electron chi connectivity index (χ1n) is 7.62. The van der Waals surface area contributed by atoms with Crippen LogP contribution in [0.4, 0.5) is 0 Å². The first-order valence-corrected chi connectivity index (χ1v) is 7.62. The Morgan fingerprint density at radius 2 is 1.86 bits per heavy atom. The molecule has 0 radical (unpaired) electrons. The fraction of sp³-hybridized carbons (Fsp3) is 0.625. The van der Waals surface area contributed by atoms with Crippen molar-refractivity contribution in [3.8, 4) is 5.75 Å². The molecule has 1 aromatic rings. The largest absolute Gasteiger partial charge is 0.491 e. The zero-order valence-electron chi connectivity index (χ0n) is 13.5. The van der Waals surface area contributed by atoms with E-state index >= 15 is 0 Å². The van der Waals surface area contributed by atoms with Crippen molar-refractivity contribution in [2.75, 3.05) is 33.7 Å². The first-order chi connectivity index (χ1) is 10.0. The quantitative estimate of drug-likeness (QED) is 0.631. The van der Waals surface area contributed by atoms with Gasteiger partial charge < -0.3 is 9.64 Å². The number of ether oxygens (including phenoxy) is 1. The van der Waals surface area contributed by atoms with Gasteiger partial charge in [-0.3, -0.25) is 16.2 Å². The van der Waals surface area contributed by atoms with Crippen LogP contribution in [-0.2, 0) is 0 Å². The van der Waals surface area contributed by atoms with Crippen LogP contribution in [0.5, 0.6) is 5.75 Å². The normalized spacial score (nSPS) is 22.5. The van der Waals surface area contributed by atoms with Gasteiger partial charge >= 0.3 is 0 Å². The Hall–Kier alpha value is -1.14. The molecule has 0 saturated carbocycles. The van der Waals surface area contributed by atoms with E-state index in [0.717, 1.165) is 25.4 Å². The van der Waals surface area contributed by atoms with Crippen LogP contribution < -0.4 is 16.0 Å². The highest BCUT2D eigenvalue weighted by molar-refractivity contribution is 5.30. The number of nitrogens with zero attached hydrogens (tertiary/aromatic N) is 2. The molecule has 0 bridgehead atoms. The third kappa shape index (κ3) is 4.17. The third-order valence-electron chi connectivity index (χ3n) is 4.07. The summed E-state index contributed by atoms with van der Waals surface area (Å²) in [7, 11) is 4.32. The molecule has 5 heteroatoms. The van der Waals surface area contributed by atoms with Gasteiger partial charge in [-0.1, -0.05) is 12.1 Å². The minimum atomic E-state index is 0.117. The van der Waals surface area contributed by atoms with Gasteiger partial charge in [0.05, 0.1) is 12.1 Å². The van der Waals surface area contributed by atoms with Gasteiger partial charge in [-0.15, -0.1) is 0 Å². The average molecular weight is 292 g/mol. The standard InChI is InChI=1S/C16H28N4O/c1-12(2)21-14-7-5-13(6-8-14)16(18-17)15-11-19(3)9-10-20(15)4/h5-8,12,15-16,18H,9-11,17H2,1-4H3. The van der Waals surface area contributed by atoms with E-state index in [0.29, 0.717) is 6.04 Å². The summed E-state index contributed by atoms with van der Waals surface area (Å²) in [5.41, 5.74) is 4.19. The van der Waals surface area contributed by atoms with Gasteiger partial charge in [0.2, 0.25) is 0 Å². The summed E-state index contributed by atoms with van der Waals surface area (Å²) >= 11 is 0. The van der Waals surface area contributed by atoms with E-state index < -0.39 is 0 Å². The lowest BCUT2D eigenvalue weighted by Crippen LogP contribution is -2.56. The molecule has 118 valence electrons. The minimum Gasteiger partial charge on any atom is -0.491 e. The number of benzene rings is 1. The van der Waals surface area contributed by atoms with Gasteiger partial charge in [-0.2, -0.15) is 0 Å². The second kappa shape index (κ2) is 7.22. The molecular weight excluding hydrogens is 264 g/mol. The molecule has 1 heterocycles. The zero-order valence-corrected chi connectivity index (χ0v) is 13.5. The van der Waals surface area contributed by atoms with Crippen LogP contribution in [-0.4, -0.2) is 55.7 Å². The van der Waals surface area contributed by atoms with Crippen LogP contribution in [0.1, 0.15) is 25.5 Å². The molecule has 1 aliphatic heterocycles. The number of likely N-dealkylation sites (N-methyl/N-ethyl adjacent to an activating group) is 2. The van der Waals surface area contributed by atoms with Crippen LogP contribution in [0.15, 0.2) is 24.3 Å². The lowest BCUT2D eigenvalue weighted by molar-refractivity contribution is 0.0876. The molecule has 3 N–H and O–H groups in total. The molecule has 0 amide bonds. The second-order valence-corrected chi connectivity index (χ2v) is 6.19. The molecule has 1 aliphatic rings. The molecule has 0 aromatic heterocycles. The molecule has 5 nitrogen and oxygen atoms in total. The Kier molecular flexibility index (Phi) is 5.58. The predicted molar refractivity (Wildman–Crippen MR) is 86.2 cm³/mol. The van der Waals surface area contributed by atoms with Crippen molar-refractivity contribution >= 4 is 0 Å². The maximum absolute atomic E-state index is 5.84. The van der Waals surface area contributed by atoms with E-state index in [4.69, 9.17) is 10.6 Å². The van der Waals surface area contributed by atoms with Gasteiger partial charge in [-0.25, -0.2) is 0 Å². The Balaban J connectivity index is 2.12. The summed E-state index contributed by atoms with van der Waals surface area (Å²) in [6.07, 6.45) is 0.192. The molecule has 1 aromatic carbocycles. The SMILES string of the molecule is CC(C)Oc1ccc(C(NN)C2CN(C)CCN2C)cc1. The van der Waals surface area contributed by atoms with Gasteiger partial charge in [0.15, 0.2) is 0 Å². The molecule has 0 spiro atoms. The monoisotopic (exact) mass is 292 g/mol. The highest BCUT2D eigenvalue weighted by Crippen LogP contribution is 2.25. The van der Waals surface area contributed by atoms with E-state index in [2.05, 4.69) is 41.5 Å². The molecular formula is C16H28N4O. The minimum absolute atomic E-state index is 0.117. The van der Waals surface area contributed by atoms with Gasteiger partial charge in [-0.05, 0) is 45.6 Å². The van der Waals surface area contributed by atoms with Gasteiger partial charge in [0, 0.05) is 25.7 Å². The van der Waals surface area contributed by atoms with Crippen molar-refractivity contribution in [3.63, 3.8) is 0 Å². The van der Waals surface area contributed by atoms with E-state index in [1.807, 2.05) is 26.0 Å². The summed E-state index contributed by atoms with van der Waals surface area (Å²) in [6, 6.07) is 8.73. The smallest absolute Gasteiger partial charge is 0.119 e. The van der Waals surface area contributed by atoms with Crippen LogP contribution in [0.25, 0.3) is 0 Å². The summed E-state index contributed by atoms with van der Waals surface area (Å²) in [5.74, 6) is 6.74. The van der Waals surface area contributed by atoms with Crippen molar-refractivity contribution < 1.29 is 4.74 Å². The summed E-state index contributed by atoms with van der Waals surface area (Å²) in [6.45, 7) is 7.24. The van der Waals surface area contributed by atoms with Crippen molar-refractivity contribution in [2.45, 2.75) is 32.0 Å². The van der Waals surface area contributed by atoms with Crippen molar-refractivity contribution in [2.24, 2.45) is 5.84 Å². The number of piperazine rings is 1. The molecule has 21 heavy (non-hydrogen) atoms. The highest BCUT2D eigenvalue weighted by atomic mass is 16.5. The predicted octanol–water partition coefficient (Wildman–Crippen LogP) is 1.22. The number of hydrogen-bond donors (Lipinski definition) is 2. The molecule has 2 unspecified atom stereocenters. The van der Waals surface area contributed by atoms with E-state index in [1.54, 1.807) is 0 Å². The highest BCUT2D eigenvalue weighted by Gasteiger charge is 2.30. The molecule has 2 rings (SSSR count). The lowest BCUT2D eigenvalue weighted by atomic mass is 9.97. The van der Waals surface area contributed by atoms with Crippen molar-refractivity contribution in [1.29, 1.82) is 0 Å². The van der Waals surface area contributed by atoms with Crippen LogP contribution in [0.2, 0.25) is 0 Å². The van der Waals surface area contributed by atoms with E-state index in [9.17, 15) is 0 Å². The number of nitrogens with one attached hydrogen (secondary N) is 1. The first kappa shape index (κ1) is 16.2. The Labute approximate surface area is 128 Å². The fourth-order valence-electron chi connectivity index (χ4n) is 2.86. The molecule has 0 aliphatic carbocycles. The number of hydrogen-bond acceptors (Lipinski definition) is 5. The zero-order chi connectivity index (χ0) is 15.4. The van der Waals surface area contributed by atoms with E-state index in [-0.39, 0.29) is 12.1 Å². The molecule has 1 fully saturated rings. The number of rotatable bonds is 5. The van der Waals surface area contributed by atoms with Crippen LogP contribution in [0.3, 0.4) is 0 Å². The Morgan fingerprint density at radius 1 is 1.19 bits per heavy atom. The van der Waals surface area contributed by atoms with Crippen LogP contribution in [0, 0.1) is 0 Å². The average Bonchev–Trinajstić information content (AvgIpc) is 2.44. The van der Waals surface area contributed by atoms with E-state index in [1.165, 1.54) is 5.56 Å². The molecule has 2 atom stereocenters. The fourth-order valence-corrected chi connectivity index (χ4v) is 2.86. The maximum Gasteiger partial charge on any atom is 0.119 e. The topological polar surface area (TPSA) is 53.8 Å². The summed E-state index contributed by atoms with van der Waals surface area (Å²) in [4.78, 5) is 4.73. The Bertz CT molecular complexity index is 434. The summed E-state index contributed by atoms with van der Waals surface area (Å²) < 4.78 is 5.70. The Morgan fingerprint density at radius 3 is 2.43 bits per heavy atom. The van der Waals surface area contributed by atoms with Crippen LogP contribution >= 0.6 is 0 Å². The maximum atomic E-state index is 5.84. The van der Waals surface area contributed by atoms with Crippen molar-refractivity contribution in [3.05, 3.63) is 29.8 Å². The third-order valence-corrected chi connectivity index (χ3v) is 4.07. The number of hydrazine groups is 1. The number of nitrogens with two attached hydrogens (primary N) is 1. The van der Waals surface area contributed by atoms with Crippen molar-refractivity contribution in [1.82, 2.24) is 15.2 Å². The van der Waals surface area contributed by atoms with Gasteiger partial charge in [0.25, 0.3) is 0 Å². The van der Waals surface area contributed by atoms with Gasteiger partial charge in [0.1, 0.15) is 5.75 Å².